The Bertz CT molecular complexity index is 1430. The van der Waals surface area contributed by atoms with Crippen LogP contribution in [0.25, 0.3) is 22.6 Å². The van der Waals surface area contributed by atoms with Gasteiger partial charge in [0.25, 0.3) is 0 Å². The first kappa shape index (κ1) is 21.4. The summed E-state index contributed by atoms with van der Waals surface area (Å²) in [4.78, 5) is 23.7. The lowest BCUT2D eigenvalue weighted by molar-refractivity contribution is -0.386. The third-order valence-corrected chi connectivity index (χ3v) is 4.80. The van der Waals surface area contributed by atoms with Gasteiger partial charge in [0.2, 0.25) is 11.5 Å². The number of aromatic nitrogens is 1. The van der Waals surface area contributed by atoms with Crippen molar-refractivity contribution in [1.29, 1.82) is 0 Å². The molecular weight excluding hydrogens is 442 g/mol. The summed E-state index contributed by atoms with van der Waals surface area (Å²) in [5, 5.41) is 45.1. The minimum atomic E-state index is -1.19. The molecule has 0 aliphatic heterocycles. The number of hydrogen-bond acceptors (Lipinski definition) is 8. The molecule has 0 bridgehead atoms. The van der Waals surface area contributed by atoms with E-state index in [2.05, 4.69) is 5.16 Å². The molecule has 3 N–H and O–H groups in total. The first-order valence-electron chi connectivity index (χ1n) is 9.17. The molecule has 0 saturated carbocycles. The van der Waals surface area contributed by atoms with Gasteiger partial charge in [0, 0.05) is 17.2 Å². The van der Waals surface area contributed by atoms with Gasteiger partial charge in [0.1, 0.15) is 17.1 Å². The second-order valence-electron chi connectivity index (χ2n) is 6.82. The second kappa shape index (κ2) is 8.04. The fourth-order valence-corrected chi connectivity index (χ4v) is 3.24. The number of halogens is 2. The Hall–Kier alpha value is -4.80. The minimum absolute atomic E-state index is 0.0554. The number of hydrogen-bond donors (Lipinski definition) is 3. The van der Waals surface area contributed by atoms with Gasteiger partial charge in [-0.2, -0.15) is 0 Å². The highest BCUT2D eigenvalue weighted by Crippen LogP contribution is 2.45. The highest BCUT2D eigenvalue weighted by Gasteiger charge is 2.34. The van der Waals surface area contributed by atoms with Crippen LogP contribution in [0.5, 0.6) is 17.2 Å². The number of phenolic OH excluding ortho intramolecular Hbond substituents is 3. The maximum atomic E-state index is 14.3. The predicted octanol–water partition coefficient (Wildman–Crippen LogP) is 4.54. The summed E-state index contributed by atoms with van der Waals surface area (Å²) in [6.07, 6.45) is 0. The number of nitro groups is 1. The van der Waals surface area contributed by atoms with Crippen LogP contribution in [0.15, 0.2) is 59.1 Å². The molecule has 3 aromatic carbocycles. The third kappa shape index (κ3) is 3.71. The lowest BCUT2D eigenvalue weighted by atomic mass is 9.93. The standard InChI is InChI=1S/C22H12F2N2O7/c23-13-4-2-1-3-11(13)21(29)19-12(8-17(28)22(30)20(19)26(31)32)18-9-15(25-33-18)10-5-6-14(24)16(27)7-10/h1-9,27-28,30H. The maximum absolute atomic E-state index is 14.3. The molecule has 33 heavy (non-hydrogen) atoms. The first-order valence-corrected chi connectivity index (χ1v) is 9.17. The molecule has 0 radical (unpaired) electrons. The number of rotatable bonds is 5. The van der Waals surface area contributed by atoms with E-state index >= 15 is 0 Å². The van der Waals surface area contributed by atoms with Crippen LogP contribution in [-0.4, -0.2) is 31.2 Å². The van der Waals surface area contributed by atoms with Crippen molar-refractivity contribution in [3.63, 3.8) is 0 Å². The van der Waals surface area contributed by atoms with Crippen LogP contribution in [0.1, 0.15) is 15.9 Å². The largest absolute Gasteiger partial charge is 0.505 e. The lowest BCUT2D eigenvalue weighted by Gasteiger charge is -2.10. The fourth-order valence-electron chi connectivity index (χ4n) is 3.24. The molecule has 4 rings (SSSR count). The minimum Gasteiger partial charge on any atom is -0.505 e. The quantitative estimate of drug-likeness (QED) is 0.172. The van der Waals surface area contributed by atoms with Crippen molar-refractivity contribution in [2.45, 2.75) is 0 Å². The van der Waals surface area contributed by atoms with Gasteiger partial charge in [-0.15, -0.1) is 0 Å². The van der Waals surface area contributed by atoms with Crippen LogP contribution < -0.4 is 0 Å². The number of carbonyl (C=O) groups excluding carboxylic acids is 1. The summed E-state index contributed by atoms with van der Waals surface area (Å²) < 4.78 is 32.8. The van der Waals surface area contributed by atoms with E-state index in [0.29, 0.717) is 0 Å². The molecule has 0 aliphatic carbocycles. The number of phenols is 3. The average molecular weight is 454 g/mol. The zero-order valence-electron chi connectivity index (χ0n) is 16.3. The monoisotopic (exact) mass is 454 g/mol. The van der Waals surface area contributed by atoms with Crippen molar-refractivity contribution in [3.8, 4) is 39.8 Å². The fraction of sp³-hybridized carbons (Fsp3) is 0. The van der Waals surface area contributed by atoms with Crippen LogP contribution in [0.3, 0.4) is 0 Å². The highest BCUT2D eigenvalue weighted by molar-refractivity contribution is 6.16. The third-order valence-electron chi connectivity index (χ3n) is 4.80. The maximum Gasteiger partial charge on any atom is 0.326 e. The molecule has 4 aromatic rings. The van der Waals surface area contributed by atoms with Gasteiger partial charge in [-0.25, -0.2) is 8.78 Å². The first-order chi connectivity index (χ1) is 15.7. The molecule has 0 fully saturated rings. The number of nitro benzene ring substituents is 1. The molecule has 11 heteroatoms. The predicted molar refractivity (Wildman–Crippen MR) is 109 cm³/mol. The zero-order chi connectivity index (χ0) is 23.9. The van der Waals surface area contributed by atoms with Crippen LogP contribution in [-0.2, 0) is 0 Å². The summed E-state index contributed by atoms with van der Waals surface area (Å²) >= 11 is 0. The highest BCUT2D eigenvalue weighted by atomic mass is 19.1. The average Bonchev–Trinajstić information content (AvgIpc) is 3.27. The van der Waals surface area contributed by atoms with Crippen molar-refractivity contribution in [2.24, 2.45) is 0 Å². The Morgan fingerprint density at radius 2 is 1.70 bits per heavy atom. The smallest absolute Gasteiger partial charge is 0.326 e. The Morgan fingerprint density at radius 1 is 0.970 bits per heavy atom. The number of carbonyl (C=O) groups is 1. The van der Waals surface area contributed by atoms with Gasteiger partial charge in [0.15, 0.2) is 23.1 Å². The Kier molecular flexibility index (Phi) is 5.22. The van der Waals surface area contributed by atoms with Gasteiger partial charge in [-0.3, -0.25) is 14.9 Å². The van der Waals surface area contributed by atoms with Crippen molar-refractivity contribution in [3.05, 3.63) is 87.5 Å². The number of benzene rings is 3. The lowest BCUT2D eigenvalue weighted by Crippen LogP contribution is -2.10. The molecule has 1 heterocycles. The molecule has 0 atom stereocenters. The zero-order valence-corrected chi connectivity index (χ0v) is 16.3. The van der Waals surface area contributed by atoms with Crippen LogP contribution in [0.4, 0.5) is 14.5 Å². The van der Waals surface area contributed by atoms with Gasteiger partial charge in [-0.1, -0.05) is 17.3 Å². The van der Waals surface area contributed by atoms with E-state index in [1.807, 2.05) is 0 Å². The van der Waals surface area contributed by atoms with E-state index in [9.17, 15) is 39.0 Å². The molecule has 1 aromatic heterocycles. The van der Waals surface area contributed by atoms with E-state index < -0.39 is 56.4 Å². The van der Waals surface area contributed by atoms with E-state index in [4.69, 9.17) is 4.52 Å². The summed E-state index contributed by atoms with van der Waals surface area (Å²) in [7, 11) is 0. The summed E-state index contributed by atoms with van der Waals surface area (Å²) in [5.74, 6) is -6.03. The molecule has 166 valence electrons. The van der Waals surface area contributed by atoms with Gasteiger partial charge in [0.05, 0.1) is 10.5 Å². The molecule has 0 saturated heterocycles. The number of aromatic hydroxyl groups is 3. The molecule has 9 nitrogen and oxygen atoms in total. The summed E-state index contributed by atoms with van der Waals surface area (Å²) in [6.45, 7) is 0. The second-order valence-corrected chi connectivity index (χ2v) is 6.82. The Balaban J connectivity index is 1.95. The van der Waals surface area contributed by atoms with E-state index in [-0.39, 0.29) is 22.6 Å². The van der Waals surface area contributed by atoms with Crippen LogP contribution in [0.2, 0.25) is 0 Å². The van der Waals surface area contributed by atoms with Crippen molar-refractivity contribution >= 4 is 11.5 Å². The van der Waals surface area contributed by atoms with Crippen molar-refractivity contribution in [2.75, 3.05) is 0 Å². The molecule has 0 aliphatic rings. The van der Waals surface area contributed by atoms with Crippen LogP contribution >= 0.6 is 0 Å². The number of ketones is 1. The van der Waals surface area contributed by atoms with Gasteiger partial charge >= 0.3 is 5.69 Å². The van der Waals surface area contributed by atoms with Gasteiger partial charge < -0.3 is 19.8 Å². The van der Waals surface area contributed by atoms with Crippen LogP contribution in [0, 0.1) is 21.7 Å². The van der Waals surface area contributed by atoms with Crippen molar-refractivity contribution < 1.29 is 38.3 Å². The number of nitrogens with zero attached hydrogens (tertiary/aromatic N) is 2. The van der Waals surface area contributed by atoms with E-state index in [1.165, 1.54) is 24.3 Å². The molecule has 0 spiro atoms. The molecule has 0 unspecified atom stereocenters. The van der Waals surface area contributed by atoms with Crippen molar-refractivity contribution in [1.82, 2.24) is 5.16 Å². The van der Waals surface area contributed by atoms with E-state index in [1.54, 1.807) is 0 Å². The van der Waals surface area contributed by atoms with Gasteiger partial charge in [-0.05, 0) is 36.4 Å². The summed E-state index contributed by atoms with van der Waals surface area (Å²) in [6, 6.07) is 10.1. The summed E-state index contributed by atoms with van der Waals surface area (Å²) in [5.41, 5.74) is -2.51. The van der Waals surface area contributed by atoms with E-state index in [0.717, 1.165) is 30.3 Å². The topological polar surface area (TPSA) is 147 Å². The molecule has 0 amide bonds. The normalized spacial score (nSPS) is 10.8. The Morgan fingerprint density at radius 3 is 2.36 bits per heavy atom. The Labute approximate surface area is 182 Å². The SMILES string of the molecule is O=C(c1ccccc1F)c1c(-c2cc(-c3ccc(F)c(O)c3)no2)cc(O)c(O)c1[N+](=O)[O-]. The molecular formula is C22H12F2N2O7.